The average Bonchev–Trinajstić information content (AvgIpc) is 2.83. The zero-order valence-electron chi connectivity index (χ0n) is 18.5. The first-order valence-corrected chi connectivity index (χ1v) is 12.0. The van der Waals surface area contributed by atoms with Crippen LogP contribution in [0.1, 0.15) is 31.2 Å². The molecule has 8 nitrogen and oxygen atoms in total. The number of halogens is 4. The Hall–Kier alpha value is -2.70. The number of benzene rings is 1. The molecule has 1 aromatic heterocycles. The molecule has 0 atom stereocenters. The lowest BCUT2D eigenvalue weighted by Crippen LogP contribution is -2.57. The molecule has 2 heterocycles. The lowest BCUT2D eigenvalue weighted by atomic mass is 9.95. The molecule has 192 valence electrons. The third-order valence-corrected chi connectivity index (χ3v) is 8.51. The molecule has 0 bridgehead atoms. The van der Waals surface area contributed by atoms with Crippen LogP contribution in [-0.4, -0.2) is 59.8 Å². The molecule has 2 amide bonds. The second-order valence-electron chi connectivity index (χ2n) is 8.12. The van der Waals surface area contributed by atoms with Crippen molar-refractivity contribution < 1.29 is 36.4 Å². The quantitative estimate of drug-likeness (QED) is 0.304. The molecule has 3 rings (SSSR count). The highest BCUT2D eigenvalue weighted by Crippen LogP contribution is 2.36. The highest BCUT2D eigenvalue weighted by Gasteiger charge is 2.52. The topological polar surface area (TPSA) is 117 Å². The van der Waals surface area contributed by atoms with Crippen LogP contribution in [0, 0.1) is 0 Å². The number of likely N-dealkylation sites (tertiary alicyclic amines) is 1. The minimum atomic E-state index is -4.22. The number of nitrogens with one attached hydrogen (secondary N) is 1. The van der Waals surface area contributed by atoms with Gasteiger partial charge in [0.25, 0.3) is 5.91 Å². The number of nitrogens with zero attached hydrogens (tertiary/aromatic N) is 2. The van der Waals surface area contributed by atoms with Crippen LogP contribution in [0.25, 0.3) is 11.3 Å². The molecule has 1 saturated heterocycles. The Morgan fingerprint density at radius 3 is 2.26 bits per heavy atom. The normalized spacial score (nSPS) is 15.7. The molecule has 2 N–H and O–H groups in total. The number of carbonyl (C=O) groups is 2. The van der Waals surface area contributed by atoms with E-state index in [0.29, 0.717) is 23.2 Å². The summed E-state index contributed by atoms with van der Waals surface area (Å²) in [5.41, 5.74) is 3.20. The summed E-state index contributed by atoms with van der Waals surface area (Å²) in [5.74, 6) is -1.05. The van der Waals surface area contributed by atoms with E-state index in [2.05, 4.69) is 4.98 Å². The largest absolute Gasteiger partial charge is 0.389 e. The van der Waals surface area contributed by atoms with Gasteiger partial charge in [-0.25, -0.2) is 13.9 Å². The van der Waals surface area contributed by atoms with Crippen LogP contribution in [0.15, 0.2) is 47.5 Å². The number of aromatic nitrogens is 1. The van der Waals surface area contributed by atoms with Gasteiger partial charge in [-0.2, -0.15) is 13.2 Å². The highest BCUT2D eigenvalue weighted by molar-refractivity contribution is 7.93. The van der Waals surface area contributed by atoms with Gasteiger partial charge in [-0.15, -0.1) is 12.4 Å². The molecule has 1 fully saturated rings. The number of hydrogen-bond acceptors (Lipinski definition) is 6. The molecule has 35 heavy (non-hydrogen) atoms. The molecule has 0 saturated carbocycles. The third kappa shape index (κ3) is 6.30. The van der Waals surface area contributed by atoms with Crippen LogP contribution >= 0.6 is 12.4 Å². The van der Waals surface area contributed by atoms with Crippen LogP contribution < -0.4 is 5.48 Å². The van der Waals surface area contributed by atoms with Gasteiger partial charge in [0, 0.05) is 31.3 Å². The lowest BCUT2D eigenvalue weighted by Gasteiger charge is -2.38. The summed E-state index contributed by atoms with van der Waals surface area (Å²) >= 11 is 0. The lowest BCUT2D eigenvalue weighted by molar-refractivity contribution is -0.135. The van der Waals surface area contributed by atoms with Crippen molar-refractivity contribution in [2.45, 2.75) is 47.9 Å². The van der Waals surface area contributed by atoms with Gasteiger partial charge in [0.2, 0.25) is 6.41 Å². The molecule has 0 spiro atoms. The molecule has 0 unspecified atom stereocenters. The van der Waals surface area contributed by atoms with Gasteiger partial charge < -0.3 is 4.90 Å². The first kappa shape index (κ1) is 28.5. The van der Waals surface area contributed by atoms with Gasteiger partial charge >= 0.3 is 6.18 Å². The van der Waals surface area contributed by atoms with E-state index in [4.69, 9.17) is 0 Å². The summed E-state index contributed by atoms with van der Waals surface area (Å²) in [5, 5.41) is 9.18. The van der Waals surface area contributed by atoms with E-state index in [0.717, 1.165) is 0 Å². The number of pyridine rings is 1. The fourth-order valence-electron chi connectivity index (χ4n) is 3.98. The summed E-state index contributed by atoms with van der Waals surface area (Å²) < 4.78 is 61.7. The van der Waals surface area contributed by atoms with E-state index >= 15 is 0 Å². The number of hydroxylamine groups is 1. The van der Waals surface area contributed by atoms with Crippen molar-refractivity contribution in [2.75, 3.05) is 13.1 Å². The van der Waals surface area contributed by atoms with Crippen molar-refractivity contribution in [1.29, 1.82) is 0 Å². The molecular weight excluding hydrogens is 511 g/mol. The summed E-state index contributed by atoms with van der Waals surface area (Å²) in [4.78, 5) is 28.9. The molecule has 2 aromatic rings. The second kappa shape index (κ2) is 11.4. The summed E-state index contributed by atoms with van der Waals surface area (Å²) in [7, 11) is -4.22. The van der Waals surface area contributed by atoms with Gasteiger partial charge in [-0.1, -0.05) is 18.2 Å². The minimum Gasteiger partial charge on any atom is -0.345 e. The van der Waals surface area contributed by atoms with Crippen molar-refractivity contribution in [2.24, 2.45) is 0 Å². The van der Waals surface area contributed by atoms with E-state index in [1.807, 2.05) is 0 Å². The zero-order chi connectivity index (χ0) is 25.0. The van der Waals surface area contributed by atoms with Crippen molar-refractivity contribution in [3.63, 3.8) is 0 Å². The average molecular weight is 536 g/mol. The molecule has 1 aromatic carbocycles. The molecule has 13 heteroatoms. The van der Waals surface area contributed by atoms with Crippen molar-refractivity contribution >= 4 is 34.6 Å². The fraction of sp³-hybridized carbons (Fsp3) is 0.409. The Kier molecular flexibility index (Phi) is 9.26. The predicted octanol–water partition coefficient (Wildman–Crippen LogP) is 3.33. The summed E-state index contributed by atoms with van der Waals surface area (Å²) in [6.07, 6.45) is -3.13. The minimum absolute atomic E-state index is 0. The SMILES string of the molecule is Cl.O=CN1CCC(C(=O)NO)(S(=O)(=O)c2ccc(-c3ccc(CCCC(F)(F)F)cn3)cc2)CC1. The van der Waals surface area contributed by atoms with E-state index in [9.17, 15) is 36.4 Å². The number of sulfone groups is 1. The Labute approximate surface area is 206 Å². The van der Waals surface area contributed by atoms with Crippen LogP contribution in [0.5, 0.6) is 0 Å². The molecule has 0 radical (unpaired) electrons. The van der Waals surface area contributed by atoms with E-state index in [-0.39, 0.29) is 56.1 Å². The number of amides is 2. The Morgan fingerprint density at radius 2 is 1.77 bits per heavy atom. The van der Waals surface area contributed by atoms with E-state index in [1.54, 1.807) is 12.1 Å². The predicted molar refractivity (Wildman–Crippen MR) is 123 cm³/mol. The van der Waals surface area contributed by atoms with Crippen LogP contribution in [0.4, 0.5) is 13.2 Å². The number of hydrogen-bond donors (Lipinski definition) is 2. The van der Waals surface area contributed by atoms with Gasteiger partial charge in [-0.05, 0) is 49.4 Å². The number of rotatable bonds is 8. The summed E-state index contributed by atoms with van der Waals surface area (Å²) in [6, 6.07) is 9.02. The van der Waals surface area contributed by atoms with Gasteiger partial charge in [-0.3, -0.25) is 19.8 Å². The Balaban J connectivity index is 0.00000432. The monoisotopic (exact) mass is 535 g/mol. The van der Waals surface area contributed by atoms with Crippen molar-refractivity contribution in [1.82, 2.24) is 15.4 Å². The van der Waals surface area contributed by atoms with Crippen LogP contribution in [0.3, 0.4) is 0 Å². The van der Waals surface area contributed by atoms with Gasteiger partial charge in [0.15, 0.2) is 14.6 Å². The Morgan fingerprint density at radius 1 is 1.14 bits per heavy atom. The maximum atomic E-state index is 13.4. The van der Waals surface area contributed by atoms with Gasteiger partial charge in [0.1, 0.15) is 0 Å². The molecular formula is C22H25ClF3N3O5S. The second-order valence-corrected chi connectivity index (χ2v) is 10.4. The fourth-order valence-corrected chi connectivity index (χ4v) is 5.93. The smallest absolute Gasteiger partial charge is 0.345 e. The van der Waals surface area contributed by atoms with Crippen molar-refractivity contribution in [3.8, 4) is 11.3 Å². The van der Waals surface area contributed by atoms with Crippen LogP contribution in [-0.2, 0) is 25.8 Å². The first-order valence-electron chi connectivity index (χ1n) is 10.5. The molecule has 1 aliphatic heterocycles. The number of aryl methyl sites for hydroxylation is 1. The molecule has 1 aliphatic rings. The maximum Gasteiger partial charge on any atom is 0.389 e. The van der Waals surface area contributed by atoms with E-state index < -0.39 is 33.1 Å². The zero-order valence-corrected chi connectivity index (χ0v) is 20.1. The van der Waals surface area contributed by atoms with Crippen molar-refractivity contribution in [3.05, 3.63) is 48.2 Å². The number of carbonyl (C=O) groups excluding carboxylic acids is 2. The maximum absolute atomic E-state index is 13.4. The molecule has 0 aliphatic carbocycles. The number of alkyl halides is 3. The van der Waals surface area contributed by atoms with Gasteiger partial charge in [0.05, 0.1) is 10.6 Å². The first-order chi connectivity index (χ1) is 16.0. The summed E-state index contributed by atoms with van der Waals surface area (Å²) in [6.45, 7) is 0.0982. The highest BCUT2D eigenvalue weighted by atomic mass is 35.5. The third-order valence-electron chi connectivity index (χ3n) is 6.00. The standard InChI is InChI=1S/C22H24F3N3O5S.ClH/c23-22(24,25)9-1-2-16-3-8-19(26-14-16)17-4-6-18(7-5-17)34(32,33)21(20(30)27-31)10-12-28(15-29)13-11-21;/h3-8,14-15,31H,1-2,9-13H2,(H,27,30);1H. The van der Waals surface area contributed by atoms with E-state index in [1.165, 1.54) is 40.8 Å². The number of piperidine rings is 1. The Bertz CT molecular complexity index is 1120. The van der Waals surface area contributed by atoms with Crippen LogP contribution in [0.2, 0.25) is 0 Å².